The molecule has 1 unspecified atom stereocenters. The van der Waals surface area contributed by atoms with Crippen molar-refractivity contribution in [1.29, 1.82) is 0 Å². The molecule has 0 bridgehead atoms. The molecule has 0 fully saturated rings. The molecule has 0 amide bonds. The fourth-order valence-corrected chi connectivity index (χ4v) is 0.851. The number of nitrogen functional groups attached to an aromatic ring is 1. The summed E-state index contributed by atoms with van der Waals surface area (Å²) < 4.78 is 4.92. The number of nitrogens with one attached hydrogen (secondary N) is 2. The van der Waals surface area contributed by atoms with Crippen molar-refractivity contribution in [2.45, 2.75) is 13.0 Å². The third-order valence-corrected chi connectivity index (χ3v) is 1.29. The summed E-state index contributed by atoms with van der Waals surface area (Å²) in [5, 5.41) is 9.34. The quantitative estimate of drug-likeness (QED) is 0.585. The summed E-state index contributed by atoms with van der Waals surface area (Å²) in [5.41, 5.74) is 5.33. The van der Waals surface area contributed by atoms with Crippen molar-refractivity contribution >= 4 is 11.9 Å². The zero-order chi connectivity index (χ0) is 8.97. The number of aromatic amines is 1. The van der Waals surface area contributed by atoms with Crippen molar-refractivity contribution in [3.8, 4) is 0 Å². The van der Waals surface area contributed by atoms with Gasteiger partial charge < -0.3 is 15.8 Å². The summed E-state index contributed by atoms with van der Waals surface area (Å²) in [6.45, 7) is 2.57. The second kappa shape index (κ2) is 3.91. The van der Waals surface area contributed by atoms with Crippen LogP contribution in [0.4, 0.5) is 11.9 Å². The molecule has 0 spiro atoms. The largest absolute Gasteiger partial charge is 0.383 e. The molecule has 1 aromatic heterocycles. The Morgan fingerprint density at radius 3 is 3.00 bits per heavy atom. The summed E-state index contributed by atoms with van der Waals surface area (Å²) >= 11 is 0. The minimum atomic E-state index is 0.171. The minimum absolute atomic E-state index is 0.171. The second-order valence-corrected chi connectivity index (χ2v) is 2.54. The van der Waals surface area contributed by atoms with Gasteiger partial charge >= 0.3 is 0 Å². The maximum absolute atomic E-state index is 5.33. The van der Waals surface area contributed by atoms with Crippen LogP contribution in [0.2, 0.25) is 0 Å². The number of anilines is 2. The van der Waals surface area contributed by atoms with Crippen LogP contribution >= 0.6 is 0 Å². The molecule has 12 heavy (non-hydrogen) atoms. The first-order chi connectivity index (χ1) is 5.72. The maximum atomic E-state index is 5.33. The Kier molecular flexibility index (Phi) is 2.87. The predicted molar refractivity (Wildman–Crippen MR) is 45.8 cm³/mol. The normalized spacial score (nSPS) is 12.8. The van der Waals surface area contributed by atoms with E-state index in [-0.39, 0.29) is 6.04 Å². The topological polar surface area (TPSA) is 88.8 Å². The Bertz CT molecular complexity index is 236. The van der Waals surface area contributed by atoms with Crippen molar-refractivity contribution in [3.05, 3.63) is 0 Å². The highest BCUT2D eigenvalue weighted by molar-refractivity contribution is 5.30. The molecule has 1 heterocycles. The molecule has 0 aromatic carbocycles. The third-order valence-electron chi connectivity index (χ3n) is 1.29. The van der Waals surface area contributed by atoms with Crippen molar-refractivity contribution in [1.82, 2.24) is 15.2 Å². The van der Waals surface area contributed by atoms with Gasteiger partial charge in [0.2, 0.25) is 11.9 Å². The fourth-order valence-electron chi connectivity index (χ4n) is 0.851. The van der Waals surface area contributed by atoms with Gasteiger partial charge in [0.05, 0.1) is 6.61 Å². The lowest BCUT2D eigenvalue weighted by Gasteiger charge is -2.09. The SMILES string of the molecule is COCC(C)Nc1n[nH]c(N)n1. The van der Waals surface area contributed by atoms with E-state index in [1.165, 1.54) is 0 Å². The molecule has 0 saturated carbocycles. The molecule has 0 saturated heterocycles. The Balaban J connectivity index is 2.41. The Morgan fingerprint density at radius 1 is 1.75 bits per heavy atom. The average Bonchev–Trinajstić information content (AvgIpc) is 2.36. The number of ether oxygens (including phenoxy) is 1. The summed E-state index contributed by atoms with van der Waals surface area (Å²) in [5.74, 6) is 0.805. The first kappa shape index (κ1) is 8.79. The average molecular weight is 171 g/mol. The van der Waals surface area contributed by atoms with Crippen LogP contribution in [0.15, 0.2) is 0 Å². The van der Waals surface area contributed by atoms with Gasteiger partial charge in [0.25, 0.3) is 0 Å². The van der Waals surface area contributed by atoms with Gasteiger partial charge in [-0.1, -0.05) is 0 Å². The molecule has 4 N–H and O–H groups in total. The molecule has 6 nitrogen and oxygen atoms in total. The number of rotatable bonds is 4. The van der Waals surface area contributed by atoms with Gasteiger partial charge in [-0.2, -0.15) is 4.98 Å². The minimum Gasteiger partial charge on any atom is -0.383 e. The second-order valence-electron chi connectivity index (χ2n) is 2.54. The van der Waals surface area contributed by atoms with Gasteiger partial charge in [-0.3, -0.25) is 0 Å². The number of H-pyrrole nitrogens is 1. The van der Waals surface area contributed by atoms with Gasteiger partial charge in [0, 0.05) is 13.2 Å². The van der Waals surface area contributed by atoms with Crippen molar-refractivity contribution in [2.24, 2.45) is 0 Å². The molecule has 6 heteroatoms. The summed E-state index contributed by atoms with van der Waals surface area (Å²) in [6, 6.07) is 0.171. The van der Waals surface area contributed by atoms with Crippen LogP contribution in [0, 0.1) is 0 Å². The lowest BCUT2D eigenvalue weighted by molar-refractivity contribution is 0.190. The van der Waals surface area contributed by atoms with Crippen molar-refractivity contribution < 1.29 is 4.74 Å². The third kappa shape index (κ3) is 2.39. The van der Waals surface area contributed by atoms with E-state index in [4.69, 9.17) is 10.5 Å². The molecule has 68 valence electrons. The highest BCUT2D eigenvalue weighted by atomic mass is 16.5. The van der Waals surface area contributed by atoms with E-state index in [0.29, 0.717) is 18.5 Å². The number of nitrogens with zero attached hydrogens (tertiary/aromatic N) is 2. The van der Waals surface area contributed by atoms with Crippen molar-refractivity contribution in [2.75, 3.05) is 24.8 Å². The Morgan fingerprint density at radius 2 is 2.50 bits per heavy atom. The molecule has 1 rings (SSSR count). The van der Waals surface area contributed by atoms with Crippen LogP contribution < -0.4 is 11.1 Å². The molecule has 0 aliphatic rings. The standard InChI is InChI=1S/C6H13N5O/c1-4(3-12-2)8-6-9-5(7)10-11-6/h4H,3H2,1-2H3,(H4,7,8,9,10,11). The van der Waals surface area contributed by atoms with Gasteiger partial charge in [0.15, 0.2) is 0 Å². The monoisotopic (exact) mass is 171 g/mol. The fraction of sp³-hybridized carbons (Fsp3) is 0.667. The maximum Gasteiger partial charge on any atom is 0.243 e. The van der Waals surface area contributed by atoms with E-state index < -0.39 is 0 Å². The van der Waals surface area contributed by atoms with E-state index in [1.54, 1.807) is 7.11 Å². The van der Waals surface area contributed by atoms with E-state index in [0.717, 1.165) is 0 Å². The van der Waals surface area contributed by atoms with E-state index in [1.807, 2.05) is 6.92 Å². The first-order valence-corrected chi connectivity index (χ1v) is 3.65. The van der Waals surface area contributed by atoms with E-state index in [9.17, 15) is 0 Å². The molecule has 0 radical (unpaired) electrons. The number of aromatic nitrogens is 3. The highest BCUT2D eigenvalue weighted by Gasteiger charge is 2.04. The number of hydrogen-bond donors (Lipinski definition) is 3. The smallest absolute Gasteiger partial charge is 0.243 e. The zero-order valence-electron chi connectivity index (χ0n) is 7.16. The number of hydrogen-bond acceptors (Lipinski definition) is 5. The van der Waals surface area contributed by atoms with Crippen LogP contribution in [0.1, 0.15) is 6.92 Å². The molecule has 1 aromatic rings. The highest BCUT2D eigenvalue weighted by Crippen LogP contribution is 2.00. The first-order valence-electron chi connectivity index (χ1n) is 3.65. The predicted octanol–water partition coefficient (Wildman–Crippen LogP) is -0.166. The molecule has 1 atom stereocenters. The van der Waals surface area contributed by atoms with E-state index in [2.05, 4.69) is 20.5 Å². The van der Waals surface area contributed by atoms with Crippen LogP contribution in [0.5, 0.6) is 0 Å². The number of methoxy groups -OCH3 is 1. The molecular formula is C6H13N5O. The van der Waals surface area contributed by atoms with Crippen molar-refractivity contribution in [3.63, 3.8) is 0 Å². The summed E-state index contributed by atoms with van der Waals surface area (Å²) in [4.78, 5) is 3.88. The molecule has 0 aliphatic heterocycles. The Hall–Kier alpha value is -1.30. The van der Waals surface area contributed by atoms with Gasteiger partial charge in [-0.25, -0.2) is 5.10 Å². The lowest BCUT2D eigenvalue weighted by atomic mass is 10.4. The molecular weight excluding hydrogens is 158 g/mol. The molecule has 0 aliphatic carbocycles. The van der Waals surface area contributed by atoms with Gasteiger partial charge in [-0.05, 0) is 6.92 Å². The summed E-state index contributed by atoms with van der Waals surface area (Å²) in [6.07, 6.45) is 0. The zero-order valence-corrected chi connectivity index (χ0v) is 7.16. The lowest BCUT2D eigenvalue weighted by Crippen LogP contribution is -2.21. The van der Waals surface area contributed by atoms with Crippen LogP contribution in [0.25, 0.3) is 0 Å². The summed E-state index contributed by atoms with van der Waals surface area (Å²) in [7, 11) is 1.64. The van der Waals surface area contributed by atoms with Crippen LogP contribution in [-0.4, -0.2) is 34.9 Å². The Labute approximate surface area is 70.5 Å². The number of nitrogens with two attached hydrogens (primary N) is 1. The van der Waals surface area contributed by atoms with Crippen LogP contribution in [0.3, 0.4) is 0 Å². The van der Waals surface area contributed by atoms with Gasteiger partial charge in [-0.15, -0.1) is 5.10 Å². The van der Waals surface area contributed by atoms with E-state index >= 15 is 0 Å². The van der Waals surface area contributed by atoms with Crippen LogP contribution in [-0.2, 0) is 4.74 Å². The van der Waals surface area contributed by atoms with Gasteiger partial charge in [0.1, 0.15) is 0 Å².